The molecule has 2 atom stereocenters. The maximum atomic E-state index is 8.60. The van der Waals surface area contributed by atoms with Crippen molar-refractivity contribution in [3.8, 4) is 0 Å². The van der Waals surface area contributed by atoms with Gasteiger partial charge in [0.2, 0.25) is 0 Å². The Bertz CT molecular complexity index is 68.1. The average molecular weight is 103 g/mol. The molecule has 0 spiro atoms. The molecule has 0 bridgehead atoms. The molecule has 1 aliphatic rings. The van der Waals surface area contributed by atoms with E-state index in [9.17, 15) is 0 Å². The Kier molecular flexibility index (Phi) is 1.03. The van der Waals surface area contributed by atoms with Crippen molar-refractivity contribution >= 4 is 0 Å². The lowest BCUT2D eigenvalue weighted by Gasteiger charge is -2.34. The van der Waals surface area contributed by atoms with E-state index in [-0.39, 0.29) is 6.04 Å². The molecule has 1 saturated carbocycles. The van der Waals surface area contributed by atoms with Crippen LogP contribution in [0.4, 0.5) is 0 Å². The molecule has 3 nitrogen and oxygen atoms in total. The summed E-state index contributed by atoms with van der Waals surface area (Å²) in [7, 11) is 0. The first-order chi connectivity index (χ1) is 3.22. The molecule has 0 aromatic carbocycles. The number of hydrogen-bond donors (Lipinski definition) is 3. The van der Waals surface area contributed by atoms with Crippen molar-refractivity contribution in [1.82, 2.24) is 0 Å². The Labute approximate surface area is 41.8 Å². The molecule has 0 aliphatic heterocycles. The lowest BCUT2D eigenvalue weighted by molar-refractivity contribution is -0.0482. The van der Waals surface area contributed by atoms with E-state index in [0.717, 1.165) is 0 Å². The second kappa shape index (κ2) is 1.43. The van der Waals surface area contributed by atoms with Gasteiger partial charge in [0.1, 0.15) is 0 Å². The second-order valence-electron chi connectivity index (χ2n) is 1.95. The number of hydrogen-bond acceptors (Lipinski definition) is 3. The number of aliphatic hydroxyl groups is 2. The van der Waals surface area contributed by atoms with Crippen molar-refractivity contribution in [3.05, 3.63) is 0 Å². The van der Waals surface area contributed by atoms with Crippen LogP contribution in [0.3, 0.4) is 0 Å². The van der Waals surface area contributed by atoms with Crippen molar-refractivity contribution in [2.24, 2.45) is 5.73 Å². The summed E-state index contributed by atoms with van der Waals surface area (Å²) < 4.78 is 0. The summed E-state index contributed by atoms with van der Waals surface area (Å²) in [4.78, 5) is 0. The van der Waals surface area contributed by atoms with Crippen LogP contribution in [0.2, 0.25) is 0 Å². The highest BCUT2D eigenvalue weighted by molar-refractivity contribution is 4.92. The van der Waals surface area contributed by atoms with Gasteiger partial charge in [0.05, 0.1) is 18.2 Å². The lowest BCUT2D eigenvalue weighted by atomic mass is 9.87. The molecule has 0 aromatic rings. The second-order valence-corrected chi connectivity index (χ2v) is 1.95. The maximum absolute atomic E-state index is 8.60. The van der Waals surface area contributed by atoms with Crippen molar-refractivity contribution < 1.29 is 10.2 Å². The van der Waals surface area contributed by atoms with Crippen LogP contribution < -0.4 is 5.73 Å². The third kappa shape index (κ3) is 0.627. The molecule has 0 heterocycles. The fourth-order valence-electron chi connectivity index (χ4n) is 0.622. The summed E-state index contributed by atoms with van der Waals surface area (Å²) in [6.07, 6.45) is -0.480. The van der Waals surface area contributed by atoms with E-state index < -0.39 is 12.2 Å². The summed E-state index contributed by atoms with van der Waals surface area (Å²) in [5.41, 5.74) is 5.17. The molecule has 0 unspecified atom stereocenters. The quantitative estimate of drug-likeness (QED) is 0.347. The Morgan fingerprint density at radius 2 is 1.71 bits per heavy atom. The Balaban J connectivity index is 2.29. The van der Waals surface area contributed by atoms with Crippen molar-refractivity contribution in [1.29, 1.82) is 0 Å². The molecular formula is C4H9NO2. The van der Waals surface area contributed by atoms with Crippen LogP contribution in [-0.4, -0.2) is 28.5 Å². The van der Waals surface area contributed by atoms with Gasteiger partial charge in [-0.05, 0) is 0 Å². The van der Waals surface area contributed by atoms with Gasteiger partial charge >= 0.3 is 0 Å². The fraction of sp³-hybridized carbons (Fsp3) is 1.00. The van der Waals surface area contributed by atoms with E-state index >= 15 is 0 Å². The van der Waals surface area contributed by atoms with E-state index in [1.807, 2.05) is 0 Å². The molecule has 42 valence electrons. The minimum Gasteiger partial charge on any atom is -0.391 e. The predicted octanol–water partition coefficient (Wildman–Crippen LogP) is -1.56. The predicted molar refractivity (Wildman–Crippen MR) is 24.6 cm³/mol. The zero-order valence-corrected chi connectivity index (χ0v) is 3.91. The molecule has 3 heteroatoms. The highest BCUT2D eigenvalue weighted by Crippen LogP contribution is 2.17. The van der Waals surface area contributed by atoms with Crippen molar-refractivity contribution in [2.45, 2.75) is 24.7 Å². The van der Waals surface area contributed by atoms with Crippen molar-refractivity contribution in [2.75, 3.05) is 0 Å². The molecule has 1 rings (SSSR count). The van der Waals surface area contributed by atoms with Gasteiger partial charge in [-0.3, -0.25) is 0 Å². The Morgan fingerprint density at radius 1 is 1.29 bits per heavy atom. The van der Waals surface area contributed by atoms with Gasteiger partial charge in [0, 0.05) is 6.42 Å². The molecular weight excluding hydrogens is 94.0 g/mol. The number of aliphatic hydroxyl groups excluding tert-OH is 2. The minimum absolute atomic E-state index is 0.389. The SMILES string of the molecule is NC1[C@@H](O)C[C@@H]1O. The molecule has 0 radical (unpaired) electrons. The zero-order valence-electron chi connectivity index (χ0n) is 3.91. The monoisotopic (exact) mass is 103 g/mol. The molecule has 0 aromatic heterocycles. The molecule has 0 saturated heterocycles. The average Bonchev–Trinajstić information content (AvgIpc) is 1.68. The molecule has 0 amide bonds. The zero-order chi connectivity index (χ0) is 5.44. The smallest absolute Gasteiger partial charge is 0.0741 e. The normalized spacial score (nSPS) is 43.3. The summed E-state index contributed by atoms with van der Waals surface area (Å²) in [5, 5.41) is 17.2. The van der Waals surface area contributed by atoms with E-state index in [4.69, 9.17) is 15.9 Å². The topological polar surface area (TPSA) is 66.5 Å². The van der Waals surface area contributed by atoms with E-state index in [1.165, 1.54) is 0 Å². The Hall–Kier alpha value is -0.120. The number of rotatable bonds is 0. The maximum Gasteiger partial charge on any atom is 0.0741 e. The minimum atomic E-state index is -0.463. The van der Waals surface area contributed by atoms with Gasteiger partial charge < -0.3 is 15.9 Å². The molecule has 4 N–H and O–H groups in total. The first-order valence-corrected chi connectivity index (χ1v) is 2.33. The molecule has 7 heavy (non-hydrogen) atoms. The van der Waals surface area contributed by atoms with Crippen LogP contribution in [0, 0.1) is 0 Å². The summed E-state index contributed by atoms with van der Waals surface area (Å²) in [6, 6.07) is -0.389. The van der Waals surface area contributed by atoms with Gasteiger partial charge in [-0.15, -0.1) is 0 Å². The van der Waals surface area contributed by atoms with Crippen LogP contribution in [-0.2, 0) is 0 Å². The van der Waals surface area contributed by atoms with Gasteiger partial charge in [-0.2, -0.15) is 0 Å². The summed E-state index contributed by atoms with van der Waals surface area (Å²) in [5.74, 6) is 0. The van der Waals surface area contributed by atoms with E-state index in [2.05, 4.69) is 0 Å². The fourth-order valence-corrected chi connectivity index (χ4v) is 0.622. The van der Waals surface area contributed by atoms with E-state index in [0.29, 0.717) is 6.42 Å². The van der Waals surface area contributed by atoms with Gasteiger partial charge in [-0.1, -0.05) is 0 Å². The van der Waals surface area contributed by atoms with Gasteiger partial charge in [-0.25, -0.2) is 0 Å². The standard InChI is InChI=1S/C4H9NO2/c5-4-2(6)1-3(4)7/h2-4,6-7H,1,5H2/t2-,3-/m0/s1. The van der Waals surface area contributed by atoms with Crippen LogP contribution >= 0.6 is 0 Å². The number of nitrogens with two attached hydrogens (primary N) is 1. The molecule has 1 aliphatic carbocycles. The lowest BCUT2D eigenvalue weighted by Crippen LogP contribution is -2.56. The third-order valence-corrected chi connectivity index (χ3v) is 1.37. The van der Waals surface area contributed by atoms with Gasteiger partial charge in [0.15, 0.2) is 0 Å². The Morgan fingerprint density at radius 3 is 1.71 bits per heavy atom. The third-order valence-electron chi connectivity index (χ3n) is 1.37. The van der Waals surface area contributed by atoms with Crippen LogP contribution in [0.1, 0.15) is 6.42 Å². The van der Waals surface area contributed by atoms with E-state index in [1.54, 1.807) is 0 Å². The largest absolute Gasteiger partial charge is 0.391 e. The molecule has 1 fully saturated rings. The highest BCUT2D eigenvalue weighted by atomic mass is 16.3. The van der Waals surface area contributed by atoms with Crippen LogP contribution in [0.25, 0.3) is 0 Å². The van der Waals surface area contributed by atoms with Crippen LogP contribution in [0.5, 0.6) is 0 Å². The summed E-state index contributed by atoms with van der Waals surface area (Å²) >= 11 is 0. The first-order valence-electron chi connectivity index (χ1n) is 2.33. The van der Waals surface area contributed by atoms with Crippen LogP contribution in [0.15, 0.2) is 0 Å². The first kappa shape index (κ1) is 5.03. The highest BCUT2D eigenvalue weighted by Gasteiger charge is 2.34. The summed E-state index contributed by atoms with van der Waals surface area (Å²) in [6.45, 7) is 0. The van der Waals surface area contributed by atoms with Gasteiger partial charge in [0.25, 0.3) is 0 Å². The van der Waals surface area contributed by atoms with Crippen molar-refractivity contribution in [3.63, 3.8) is 0 Å².